The van der Waals surface area contributed by atoms with E-state index in [0.717, 1.165) is 17.0 Å². The number of anilines is 2. The average molecular weight is 445 g/mol. The molecular weight excluding hydrogens is 431 g/mol. The normalized spacial score (nSPS) is 22.2. The second kappa shape index (κ2) is 6.62. The van der Waals surface area contributed by atoms with E-state index in [4.69, 9.17) is 4.55 Å². The molecule has 0 bridgehead atoms. The van der Waals surface area contributed by atoms with Crippen LogP contribution in [0.15, 0.2) is 35.3 Å². The Morgan fingerprint density at radius 2 is 1.97 bits per heavy atom. The van der Waals surface area contributed by atoms with Crippen molar-refractivity contribution in [2.24, 2.45) is 4.99 Å². The number of nitrogens with zero attached hydrogens (tertiary/aromatic N) is 3. The number of fused-ring (bicyclic) bond motifs is 2. The van der Waals surface area contributed by atoms with Crippen LogP contribution in [-0.2, 0) is 11.3 Å². The molecule has 0 amide bonds. The lowest BCUT2D eigenvalue weighted by atomic mass is 9.90. The minimum atomic E-state index is -5.04. The summed E-state index contributed by atoms with van der Waals surface area (Å²) in [5.74, 6) is -0.317. The van der Waals surface area contributed by atoms with Crippen molar-refractivity contribution in [3.8, 4) is 0 Å². The van der Waals surface area contributed by atoms with E-state index >= 15 is 0 Å². The summed E-state index contributed by atoms with van der Waals surface area (Å²) < 4.78 is 58.4. The number of aliphatic imine (C=N–C) groups is 1. The van der Waals surface area contributed by atoms with E-state index < -0.39 is 38.9 Å². The topological polar surface area (TPSA) is 93.4 Å². The van der Waals surface area contributed by atoms with Crippen LogP contribution in [-0.4, -0.2) is 43.9 Å². The Hall–Kier alpha value is -2.28. The Kier molecular flexibility index (Phi) is 4.57. The van der Waals surface area contributed by atoms with Gasteiger partial charge in [-0.15, -0.1) is 24.5 Å². The first-order valence-electron chi connectivity index (χ1n) is 8.34. The highest BCUT2D eigenvalue weighted by molar-refractivity contribution is 7.80. The van der Waals surface area contributed by atoms with Gasteiger partial charge in [0.2, 0.25) is 5.78 Å². The van der Waals surface area contributed by atoms with Crippen molar-refractivity contribution < 1.29 is 31.8 Å². The summed E-state index contributed by atoms with van der Waals surface area (Å²) in [6.45, 7) is 2.06. The van der Waals surface area contributed by atoms with E-state index in [2.05, 4.69) is 4.99 Å². The number of Topliss-reactive ketones (excluding diaryl/α,β-unsaturated/α-hetero) is 1. The van der Waals surface area contributed by atoms with Crippen molar-refractivity contribution in [2.75, 3.05) is 15.7 Å². The predicted molar refractivity (Wildman–Crippen MR) is 103 cm³/mol. The van der Waals surface area contributed by atoms with Crippen LogP contribution in [0.2, 0.25) is 0 Å². The summed E-state index contributed by atoms with van der Waals surface area (Å²) in [4.78, 5) is 19.7. The van der Waals surface area contributed by atoms with Crippen molar-refractivity contribution in [1.82, 2.24) is 0 Å². The summed E-state index contributed by atoms with van der Waals surface area (Å²) in [5, 5.41) is 11.4. The fraction of sp³-hybridized carbons (Fsp3) is 0.294. The maximum Gasteiger partial charge on any atom is 0.498 e. The Labute approximate surface area is 169 Å². The molecule has 2 aliphatic rings. The first-order valence-corrected chi connectivity index (χ1v) is 10.2. The molecule has 29 heavy (non-hydrogen) atoms. The second-order valence-corrected chi connectivity index (χ2v) is 8.67. The molecule has 2 aliphatic heterocycles. The molecule has 2 unspecified atom stereocenters. The molecule has 1 aromatic heterocycles. The van der Waals surface area contributed by atoms with Gasteiger partial charge in [0.15, 0.2) is 11.4 Å². The molecule has 0 aliphatic carbocycles. The fourth-order valence-corrected chi connectivity index (χ4v) is 4.85. The smallest absolute Gasteiger partial charge is 0.374 e. The van der Waals surface area contributed by atoms with Gasteiger partial charge in [-0.2, -0.15) is 4.31 Å². The summed E-state index contributed by atoms with van der Waals surface area (Å²) in [7, 11) is 0. The van der Waals surface area contributed by atoms with E-state index in [0.29, 0.717) is 16.3 Å². The number of aliphatic hydroxyl groups is 1. The molecule has 0 radical (unpaired) electrons. The van der Waals surface area contributed by atoms with Gasteiger partial charge in [0, 0.05) is 23.5 Å². The van der Waals surface area contributed by atoms with E-state index in [1.807, 2.05) is 6.92 Å². The van der Waals surface area contributed by atoms with E-state index in [9.17, 15) is 27.3 Å². The minimum absolute atomic E-state index is 0.0933. The van der Waals surface area contributed by atoms with Crippen molar-refractivity contribution in [2.45, 2.75) is 25.2 Å². The van der Waals surface area contributed by atoms with Gasteiger partial charge >= 0.3 is 6.30 Å². The molecule has 12 heteroatoms. The molecule has 2 N–H and O–H groups in total. The molecule has 0 spiro atoms. The van der Waals surface area contributed by atoms with Crippen molar-refractivity contribution in [1.29, 1.82) is 0 Å². The molecule has 2 atom stereocenters. The van der Waals surface area contributed by atoms with E-state index in [-0.39, 0.29) is 18.8 Å². The number of alkyl halides is 3. The molecule has 1 aromatic carbocycles. The Balaban J connectivity index is 1.71. The maximum atomic E-state index is 13.0. The zero-order chi connectivity index (χ0) is 21.1. The lowest BCUT2D eigenvalue weighted by molar-refractivity contribution is -0.115. The largest absolute Gasteiger partial charge is 0.498 e. The van der Waals surface area contributed by atoms with Crippen LogP contribution in [0.4, 0.5) is 29.5 Å². The highest BCUT2D eigenvalue weighted by atomic mass is 32.2. The van der Waals surface area contributed by atoms with Gasteiger partial charge in [-0.3, -0.25) is 9.35 Å². The third-order valence-electron chi connectivity index (χ3n) is 4.77. The van der Waals surface area contributed by atoms with Crippen molar-refractivity contribution in [3.05, 3.63) is 40.8 Å². The Morgan fingerprint density at radius 1 is 1.31 bits per heavy atom. The average Bonchev–Trinajstić information content (AvgIpc) is 3.15. The van der Waals surface area contributed by atoms with Crippen LogP contribution in [0.25, 0.3) is 0 Å². The molecule has 0 saturated carbocycles. The second-order valence-electron chi connectivity index (χ2n) is 6.61. The van der Waals surface area contributed by atoms with Gasteiger partial charge in [0.05, 0.1) is 11.3 Å². The van der Waals surface area contributed by atoms with Crippen molar-refractivity contribution in [3.63, 3.8) is 0 Å². The molecule has 1 saturated heterocycles. The van der Waals surface area contributed by atoms with Crippen LogP contribution in [0.5, 0.6) is 0 Å². The molecule has 7 nitrogen and oxygen atoms in total. The minimum Gasteiger partial charge on any atom is -0.374 e. The lowest BCUT2D eigenvalue weighted by Crippen LogP contribution is -2.48. The van der Waals surface area contributed by atoms with Crippen LogP contribution in [0.3, 0.4) is 0 Å². The molecule has 3 heterocycles. The zero-order valence-electron chi connectivity index (χ0n) is 14.8. The Morgan fingerprint density at radius 3 is 2.55 bits per heavy atom. The van der Waals surface area contributed by atoms with Gasteiger partial charge in [-0.1, -0.05) is 0 Å². The van der Waals surface area contributed by atoms with E-state index in [1.54, 1.807) is 11.0 Å². The van der Waals surface area contributed by atoms with Crippen LogP contribution >= 0.6 is 11.3 Å². The molecule has 154 valence electrons. The SMILES string of the molecule is Cc1cc2c(s1)N=C1N(c3ccc(N(S(=O)O)C(F)(F)F)cc3)CCC1(O)C2=O. The van der Waals surface area contributed by atoms with Crippen LogP contribution in [0.1, 0.15) is 21.7 Å². The first kappa shape index (κ1) is 20.0. The highest BCUT2D eigenvalue weighted by Gasteiger charge is 2.53. The monoisotopic (exact) mass is 445 g/mol. The molecule has 1 fully saturated rings. The number of aryl methyl sites for hydroxylation is 1. The van der Waals surface area contributed by atoms with Crippen LogP contribution < -0.4 is 9.21 Å². The summed E-state index contributed by atoms with van der Waals surface area (Å²) in [6, 6.07) is 6.39. The van der Waals surface area contributed by atoms with Gasteiger partial charge in [0.1, 0.15) is 5.00 Å². The summed E-state index contributed by atoms with van der Waals surface area (Å²) >= 11 is -1.97. The molecule has 2 aromatic rings. The number of carbonyl (C=O) groups excluding carboxylic acids is 1. The number of halogens is 3. The number of benzene rings is 1. The van der Waals surface area contributed by atoms with Gasteiger partial charge in [-0.05, 0) is 37.3 Å². The van der Waals surface area contributed by atoms with Gasteiger partial charge in [0.25, 0.3) is 11.3 Å². The number of ketones is 1. The van der Waals surface area contributed by atoms with Crippen LogP contribution in [0, 0.1) is 6.92 Å². The summed E-state index contributed by atoms with van der Waals surface area (Å²) in [5.41, 5.74) is -1.54. The number of carbonyl (C=O) groups is 1. The predicted octanol–water partition coefficient (Wildman–Crippen LogP) is 3.39. The van der Waals surface area contributed by atoms with Gasteiger partial charge in [-0.25, -0.2) is 9.20 Å². The first-order chi connectivity index (χ1) is 13.5. The number of rotatable bonds is 3. The molecule has 4 rings (SSSR count). The zero-order valence-corrected chi connectivity index (χ0v) is 16.4. The number of hydrogen-bond acceptors (Lipinski definition) is 6. The summed E-state index contributed by atoms with van der Waals surface area (Å²) in [6.07, 6.45) is -4.95. The number of amidine groups is 1. The third kappa shape index (κ3) is 3.16. The maximum absolute atomic E-state index is 13.0. The molecular formula is C17H14F3N3O4S2. The number of hydrogen-bond donors (Lipinski definition) is 2. The number of thiophene rings is 1. The third-order valence-corrected chi connectivity index (χ3v) is 6.44. The Bertz CT molecular complexity index is 1050. The van der Waals surface area contributed by atoms with Crippen molar-refractivity contribution >= 4 is 50.6 Å². The highest BCUT2D eigenvalue weighted by Crippen LogP contribution is 2.43. The van der Waals surface area contributed by atoms with Gasteiger partial charge < -0.3 is 10.0 Å². The quantitative estimate of drug-likeness (QED) is 0.558. The standard InChI is InChI=1S/C17H14F3N3O4S2/c1-9-8-12-13(24)16(25)6-7-22(15(16)21-14(12)28-9)10-2-4-11(5-3-10)23(29(26)27)17(18,19)20/h2-5,8,25H,6-7H2,1H3,(H,26,27). The fourth-order valence-electron chi connectivity index (χ4n) is 3.49. The lowest BCUT2D eigenvalue weighted by Gasteiger charge is -2.29. The van der Waals surface area contributed by atoms with E-state index in [1.165, 1.54) is 23.5 Å².